The first kappa shape index (κ1) is 17.0. The number of carbonyl (C=O) groups is 1. The Morgan fingerprint density at radius 1 is 1.32 bits per heavy atom. The summed E-state index contributed by atoms with van der Waals surface area (Å²) in [6.07, 6.45) is 1.96. The Balaban J connectivity index is 2.24. The molecule has 1 aliphatic heterocycles. The number of hydrogen-bond donors (Lipinski definition) is 1. The largest absolute Gasteiger partial charge is 0.348 e. The molecule has 1 aromatic rings. The molecule has 0 aromatic heterocycles. The number of rotatable bonds is 4. The number of piperidine rings is 1. The summed E-state index contributed by atoms with van der Waals surface area (Å²) in [5, 5.41) is 2.42. The summed E-state index contributed by atoms with van der Waals surface area (Å²) in [7, 11) is -1.45. The van der Waals surface area contributed by atoms with Crippen molar-refractivity contribution in [3.05, 3.63) is 29.8 Å². The predicted octanol–water partition coefficient (Wildman–Crippen LogP) is 1.69. The number of likely N-dealkylation sites (tertiary alicyclic amines) is 1. The molecule has 1 atom stereocenters. The fourth-order valence-electron chi connectivity index (χ4n) is 2.70. The van der Waals surface area contributed by atoms with Crippen LogP contribution in [0.15, 0.2) is 29.2 Å². The van der Waals surface area contributed by atoms with Crippen molar-refractivity contribution >= 4 is 15.7 Å². The molecule has 0 aliphatic carbocycles. The summed E-state index contributed by atoms with van der Waals surface area (Å²) in [4.78, 5) is 14.8. The molecule has 2 rings (SSSR count). The van der Waals surface area contributed by atoms with E-state index >= 15 is 0 Å². The third-order valence-electron chi connectivity index (χ3n) is 4.02. The van der Waals surface area contributed by atoms with E-state index in [1.807, 2.05) is 7.05 Å². The Kier molecular flexibility index (Phi) is 5.24. The van der Waals surface area contributed by atoms with Gasteiger partial charge in [-0.15, -0.1) is 0 Å². The van der Waals surface area contributed by atoms with Gasteiger partial charge in [0.05, 0.1) is 15.7 Å². The fourth-order valence-corrected chi connectivity index (χ4v) is 3.95. The molecule has 0 spiro atoms. The van der Waals surface area contributed by atoms with E-state index in [9.17, 15) is 13.2 Å². The van der Waals surface area contributed by atoms with E-state index in [0.29, 0.717) is 0 Å². The molecule has 5 nitrogen and oxygen atoms in total. The summed E-state index contributed by atoms with van der Waals surface area (Å²) in [5.74, 6) is -0.305. The topological polar surface area (TPSA) is 66.5 Å². The lowest BCUT2D eigenvalue weighted by molar-refractivity contribution is 0.0909. The van der Waals surface area contributed by atoms with Gasteiger partial charge in [0.2, 0.25) is 0 Å². The van der Waals surface area contributed by atoms with Crippen molar-refractivity contribution in [3.63, 3.8) is 0 Å². The number of carbonyl (C=O) groups excluding carboxylic acids is 1. The third kappa shape index (κ3) is 3.67. The molecule has 1 fully saturated rings. The summed E-state index contributed by atoms with van der Waals surface area (Å²) in [5.41, 5.74) is 0.240. The van der Waals surface area contributed by atoms with Crippen LogP contribution in [0.2, 0.25) is 0 Å². The van der Waals surface area contributed by atoms with E-state index < -0.39 is 15.1 Å². The molecule has 1 unspecified atom stereocenters. The van der Waals surface area contributed by atoms with Crippen molar-refractivity contribution in [2.24, 2.45) is 0 Å². The second-order valence-corrected chi connectivity index (χ2v) is 8.64. The van der Waals surface area contributed by atoms with E-state index in [4.69, 9.17) is 0 Å². The van der Waals surface area contributed by atoms with Crippen LogP contribution in [0.5, 0.6) is 0 Å². The first-order valence-corrected chi connectivity index (χ1v) is 9.19. The zero-order valence-corrected chi connectivity index (χ0v) is 14.2. The highest BCUT2D eigenvalue weighted by Gasteiger charge is 2.27. The smallest absolute Gasteiger partial charge is 0.252 e. The quantitative estimate of drug-likeness (QED) is 0.915. The van der Waals surface area contributed by atoms with Crippen molar-refractivity contribution in [2.45, 2.75) is 42.9 Å². The molecular weight excluding hydrogens is 300 g/mol. The van der Waals surface area contributed by atoms with Crippen LogP contribution in [0.25, 0.3) is 0 Å². The van der Waals surface area contributed by atoms with Gasteiger partial charge in [0, 0.05) is 12.6 Å². The maximum absolute atomic E-state index is 12.5. The SMILES string of the molecule is CC(C)S(=O)(=O)c1ccccc1C(=O)NC1CCCN(C)C1. The molecule has 22 heavy (non-hydrogen) atoms. The van der Waals surface area contributed by atoms with E-state index in [1.165, 1.54) is 6.07 Å². The van der Waals surface area contributed by atoms with Gasteiger partial charge in [-0.2, -0.15) is 0 Å². The molecular formula is C16H24N2O3S. The average molecular weight is 324 g/mol. The Morgan fingerprint density at radius 2 is 2.00 bits per heavy atom. The number of sulfone groups is 1. The summed E-state index contributed by atoms with van der Waals surface area (Å²) >= 11 is 0. The van der Waals surface area contributed by atoms with Crippen LogP contribution in [0.4, 0.5) is 0 Å². The zero-order chi connectivity index (χ0) is 16.3. The van der Waals surface area contributed by atoms with Crippen molar-refractivity contribution in [2.75, 3.05) is 20.1 Å². The van der Waals surface area contributed by atoms with Crippen molar-refractivity contribution < 1.29 is 13.2 Å². The van der Waals surface area contributed by atoms with Crippen LogP contribution in [0, 0.1) is 0 Å². The molecule has 1 amide bonds. The first-order valence-electron chi connectivity index (χ1n) is 7.64. The Labute approximate surface area is 132 Å². The van der Waals surface area contributed by atoms with Gasteiger partial charge < -0.3 is 10.2 Å². The van der Waals surface area contributed by atoms with Crippen LogP contribution >= 0.6 is 0 Å². The van der Waals surface area contributed by atoms with Gasteiger partial charge in [-0.1, -0.05) is 12.1 Å². The number of benzene rings is 1. The maximum atomic E-state index is 12.5. The van der Waals surface area contributed by atoms with Gasteiger partial charge in [0.25, 0.3) is 5.91 Å². The minimum absolute atomic E-state index is 0.0704. The first-order chi connectivity index (χ1) is 10.3. The van der Waals surface area contributed by atoms with Crippen LogP contribution in [-0.4, -0.2) is 50.7 Å². The van der Waals surface area contributed by atoms with Crippen LogP contribution in [0.1, 0.15) is 37.0 Å². The highest BCUT2D eigenvalue weighted by atomic mass is 32.2. The summed E-state index contributed by atoms with van der Waals surface area (Å²) in [6.45, 7) is 5.08. The summed E-state index contributed by atoms with van der Waals surface area (Å²) < 4.78 is 24.8. The van der Waals surface area contributed by atoms with E-state index in [1.54, 1.807) is 32.0 Å². The zero-order valence-electron chi connectivity index (χ0n) is 13.4. The number of nitrogens with zero attached hydrogens (tertiary/aromatic N) is 1. The molecule has 1 saturated heterocycles. The minimum Gasteiger partial charge on any atom is -0.348 e. The summed E-state index contributed by atoms with van der Waals surface area (Å²) in [6, 6.07) is 6.51. The van der Waals surface area contributed by atoms with Crippen LogP contribution in [-0.2, 0) is 9.84 Å². The van der Waals surface area contributed by atoms with Crippen molar-refractivity contribution in [1.29, 1.82) is 0 Å². The maximum Gasteiger partial charge on any atom is 0.252 e. The molecule has 0 radical (unpaired) electrons. The molecule has 122 valence electrons. The average Bonchev–Trinajstić information content (AvgIpc) is 2.47. The van der Waals surface area contributed by atoms with Gasteiger partial charge in [-0.05, 0) is 52.4 Å². The lowest BCUT2D eigenvalue weighted by Gasteiger charge is -2.30. The number of hydrogen-bond acceptors (Lipinski definition) is 4. The van der Waals surface area contributed by atoms with Gasteiger partial charge in [-0.25, -0.2) is 8.42 Å². The molecule has 1 aliphatic rings. The molecule has 1 aromatic carbocycles. The standard InChI is InChI=1S/C16H24N2O3S/c1-12(2)22(20,21)15-9-5-4-8-14(15)16(19)17-13-7-6-10-18(3)11-13/h4-5,8-9,12-13H,6-7,10-11H2,1-3H3,(H,17,19). The third-order valence-corrected chi connectivity index (χ3v) is 6.23. The second kappa shape index (κ2) is 6.79. The second-order valence-electron chi connectivity index (χ2n) is 6.16. The van der Waals surface area contributed by atoms with E-state index in [2.05, 4.69) is 10.2 Å². The molecule has 6 heteroatoms. The number of amides is 1. The van der Waals surface area contributed by atoms with Gasteiger partial charge >= 0.3 is 0 Å². The Hall–Kier alpha value is -1.40. The minimum atomic E-state index is -3.48. The Bertz CT molecular complexity index is 641. The number of likely N-dealkylation sites (N-methyl/N-ethyl adjacent to an activating group) is 1. The normalized spacial score (nSPS) is 20.1. The monoisotopic (exact) mass is 324 g/mol. The van der Waals surface area contributed by atoms with Gasteiger partial charge in [0.15, 0.2) is 9.84 Å². The van der Waals surface area contributed by atoms with E-state index in [0.717, 1.165) is 25.9 Å². The highest BCUT2D eigenvalue weighted by Crippen LogP contribution is 2.21. The predicted molar refractivity (Wildman–Crippen MR) is 86.7 cm³/mol. The molecule has 0 bridgehead atoms. The van der Waals surface area contributed by atoms with Crippen molar-refractivity contribution in [1.82, 2.24) is 10.2 Å². The lowest BCUT2D eigenvalue weighted by atomic mass is 10.1. The van der Waals surface area contributed by atoms with E-state index in [-0.39, 0.29) is 22.4 Å². The highest BCUT2D eigenvalue weighted by molar-refractivity contribution is 7.92. The molecule has 1 N–H and O–H groups in total. The Morgan fingerprint density at radius 3 is 2.64 bits per heavy atom. The lowest BCUT2D eigenvalue weighted by Crippen LogP contribution is -2.46. The molecule has 1 heterocycles. The van der Waals surface area contributed by atoms with Gasteiger partial charge in [-0.3, -0.25) is 4.79 Å². The molecule has 0 saturated carbocycles. The number of nitrogens with one attached hydrogen (secondary N) is 1. The van der Waals surface area contributed by atoms with Crippen LogP contribution < -0.4 is 5.32 Å². The van der Waals surface area contributed by atoms with Crippen molar-refractivity contribution in [3.8, 4) is 0 Å². The van der Waals surface area contributed by atoms with Gasteiger partial charge in [0.1, 0.15) is 0 Å². The fraction of sp³-hybridized carbons (Fsp3) is 0.562. The van der Waals surface area contributed by atoms with Crippen LogP contribution in [0.3, 0.4) is 0 Å².